The normalized spacial score (nSPS) is 12.4. The van der Waals surface area contributed by atoms with Crippen LogP contribution in [-0.2, 0) is 11.2 Å². The van der Waals surface area contributed by atoms with Crippen molar-refractivity contribution in [3.05, 3.63) is 32.9 Å². The molecule has 16 heavy (non-hydrogen) atoms. The van der Waals surface area contributed by atoms with E-state index in [-0.39, 0.29) is 0 Å². The lowest BCUT2D eigenvalue weighted by Gasteiger charge is -2.09. The van der Waals surface area contributed by atoms with Gasteiger partial charge in [-0.05, 0) is 58.7 Å². The lowest BCUT2D eigenvalue weighted by Crippen LogP contribution is -2.11. The zero-order chi connectivity index (χ0) is 12.1. The van der Waals surface area contributed by atoms with Crippen LogP contribution in [0.25, 0.3) is 0 Å². The molecular formula is C11H12ClIO3. The fraction of sp³-hybridized carbons (Fsp3) is 0.364. The largest absolute Gasteiger partial charge is 0.479 e. The molecule has 0 radical (unpaired) electrons. The number of hydrogen-bond acceptors (Lipinski definition) is 2. The lowest BCUT2D eigenvalue weighted by atomic mass is 10.0. The van der Waals surface area contributed by atoms with Gasteiger partial charge >= 0.3 is 5.97 Å². The molecule has 0 saturated carbocycles. The van der Waals surface area contributed by atoms with E-state index in [1.807, 2.05) is 6.07 Å². The van der Waals surface area contributed by atoms with Crippen LogP contribution in [0.15, 0.2) is 18.2 Å². The van der Waals surface area contributed by atoms with Crippen molar-refractivity contribution in [2.75, 3.05) is 5.88 Å². The molecule has 0 heterocycles. The van der Waals surface area contributed by atoms with Gasteiger partial charge in [-0.3, -0.25) is 0 Å². The minimum Gasteiger partial charge on any atom is -0.479 e. The van der Waals surface area contributed by atoms with Crippen LogP contribution in [0.2, 0.25) is 0 Å². The quantitative estimate of drug-likeness (QED) is 0.631. The summed E-state index contributed by atoms with van der Waals surface area (Å²) in [4.78, 5) is 10.7. The Morgan fingerprint density at radius 3 is 2.69 bits per heavy atom. The van der Waals surface area contributed by atoms with E-state index in [0.29, 0.717) is 11.4 Å². The van der Waals surface area contributed by atoms with Crippen LogP contribution >= 0.6 is 34.2 Å². The van der Waals surface area contributed by atoms with Crippen molar-refractivity contribution < 1.29 is 15.0 Å². The molecule has 0 aromatic heterocycles. The van der Waals surface area contributed by atoms with E-state index in [1.165, 1.54) is 0 Å². The molecule has 5 heteroatoms. The first kappa shape index (κ1) is 13.7. The minimum absolute atomic E-state index is 0.420. The molecule has 0 bridgehead atoms. The standard InChI is InChI=1S/C11H12ClIO3/c12-3-1-2-7-4-8(6-9(13)5-7)10(14)11(15)16/h4-6,10,14H,1-3H2,(H,15,16). The third-order valence-corrected chi connectivity index (χ3v) is 3.02. The molecule has 0 aliphatic rings. The van der Waals surface area contributed by atoms with Gasteiger partial charge in [0.25, 0.3) is 0 Å². The third-order valence-electron chi connectivity index (χ3n) is 2.13. The molecule has 88 valence electrons. The molecule has 0 aliphatic carbocycles. The summed E-state index contributed by atoms with van der Waals surface area (Å²) in [5.74, 6) is -0.659. The van der Waals surface area contributed by atoms with Gasteiger partial charge in [0.15, 0.2) is 6.10 Å². The molecule has 0 spiro atoms. The van der Waals surface area contributed by atoms with Crippen molar-refractivity contribution in [2.24, 2.45) is 0 Å². The number of benzene rings is 1. The highest BCUT2D eigenvalue weighted by Crippen LogP contribution is 2.20. The summed E-state index contributed by atoms with van der Waals surface area (Å²) >= 11 is 7.70. The molecule has 2 N–H and O–H groups in total. The summed E-state index contributed by atoms with van der Waals surface area (Å²) in [6.45, 7) is 0. The summed E-state index contributed by atoms with van der Waals surface area (Å²) in [7, 11) is 0. The predicted octanol–water partition coefficient (Wildman–Crippen LogP) is 2.58. The monoisotopic (exact) mass is 354 g/mol. The molecule has 1 aromatic rings. The van der Waals surface area contributed by atoms with E-state index in [4.69, 9.17) is 16.7 Å². The fourth-order valence-electron chi connectivity index (χ4n) is 1.39. The molecule has 1 unspecified atom stereocenters. The first-order valence-corrected chi connectivity index (χ1v) is 6.42. The van der Waals surface area contributed by atoms with Gasteiger partial charge in [0.1, 0.15) is 0 Å². The van der Waals surface area contributed by atoms with Gasteiger partial charge in [0, 0.05) is 9.45 Å². The highest BCUT2D eigenvalue weighted by molar-refractivity contribution is 14.1. The number of carboxylic acid groups (broad SMARTS) is 1. The summed E-state index contributed by atoms with van der Waals surface area (Å²) in [6.07, 6.45) is 0.175. The first-order valence-electron chi connectivity index (χ1n) is 4.81. The average Bonchev–Trinajstić information content (AvgIpc) is 2.24. The van der Waals surface area contributed by atoms with Gasteiger partial charge in [-0.15, -0.1) is 11.6 Å². The number of aliphatic hydroxyl groups is 1. The zero-order valence-corrected chi connectivity index (χ0v) is 11.4. The Hall–Kier alpha value is -0.330. The van der Waals surface area contributed by atoms with E-state index < -0.39 is 12.1 Å². The number of aryl methyl sites for hydroxylation is 1. The fourth-order valence-corrected chi connectivity index (χ4v) is 2.28. The lowest BCUT2D eigenvalue weighted by molar-refractivity contribution is -0.146. The van der Waals surface area contributed by atoms with Crippen LogP contribution in [0, 0.1) is 3.57 Å². The number of carbonyl (C=O) groups is 1. The molecule has 0 saturated heterocycles. The topological polar surface area (TPSA) is 57.5 Å². The molecule has 3 nitrogen and oxygen atoms in total. The Morgan fingerprint density at radius 2 is 2.12 bits per heavy atom. The highest BCUT2D eigenvalue weighted by Gasteiger charge is 2.16. The summed E-state index contributed by atoms with van der Waals surface area (Å²) in [6, 6.07) is 5.35. The Balaban J connectivity index is 2.93. The predicted molar refractivity (Wildman–Crippen MR) is 70.8 cm³/mol. The van der Waals surface area contributed by atoms with Crippen LogP contribution in [0.4, 0.5) is 0 Å². The van der Waals surface area contributed by atoms with Crippen LogP contribution in [0.3, 0.4) is 0 Å². The molecule has 1 rings (SSSR count). The number of aliphatic hydroxyl groups excluding tert-OH is 1. The number of alkyl halides is 1. The van der Waals surface area contributed by atoms with Crippen molar-refractivity contribution in [3.63, 3.8) is 0 Å². The zero-order valence-electron chi connectivity index (χ0n) is 8.49. The molecular weight excluding hydrogens is 342 g/mol. The van der Waals surface area contributed by atoms with Crippen molar-refractivity contribution >= 4 is 40.2 Å². The van der Waals surface area contributed by atoms with Gasteiger partial charge < -0.3 is 10.2 Å². The van der Waals surface area contributed by atoms with E-state index in [0.717, 1.165) is 22.0 Å². The molecule has 1 atom stereocenters. The maximum Gasteiger partial charge on any atom is 0.337 e. The third kappa shape index (κ3) is 3.92. The highest BCUT2D eigenvalue weighted by atomic mass is 127. The van der Waals surface area contributed by atoms with E-state index in [2.05, 4.69) is 22.6 Å². The Labute approximate surface area is 113 Å². The van der Waals surface area contributed by atoms with Crippen LogP contribution < -0.4 is 0 Å². The van der Waals surface area contributed by atoms with Gasteiger partial charge in [-0.25, -0.2) is 4.79 Å². The van der Waals surface area contributed by atoms with Crippen molar-refractivity contribution in [1.82, 2.24) is 0 Å². The number of rotatable bonds is 5. The number of carboxylic acids is 1. The SMILES string of the molecule is O=C(O)C(O)c1cc(I)cc(CCCCl)c1. The van der Waals surface area contributed by atoms with Gasteiger partial charge in [0.2, 0.25) is 0 Å². The second-order valence-electron chi connectivity index (χ2n) is 3.43. The van der Waals surface area contributed by atoms with Gasteiger partial charge in [0.05, 0.1) is 0 Å². The second kappa shape index (κ2) is 6.42. The van der Waals surface area contributed by atoms with Gasteiger partial charge in [-0.1, -0.05) is 6.07 Å². The summed E-state index contributed by atoms with van der Waals surface area (Å²) in [5, 5.41) is 18.2. The maximum atomic E-state index is 10.7. The van der Waals surface area contributed by atoms with E-state index >= 15 is 0 Å². The van der Waals surface area contributed by atoms with Crippen molar-refractivity contribution in [3.8, 4) is 0 Å². The average molecular weight is 355 g/mol. The summed E-state index contributed by atoms with van der Waals surface area (Å²) < 4.78 is 0.917. The summed E-state index contributed by atoms with van der Waals surface area (Å²) in [5.41, 5.74) is 1.42. The number of halogens is 2. The Morgan fingerprint density at radius 1 is 1.44 bits per heavy atom. The second-order valence-corrected chi connectivity index (χ2v) is 5.05. The number of aliphatic carboxylic acids is 1. The minimum atomic E-state index is -1.45. The maximum absolute atomic E-state index is 10.7. The smallest absolute Gasteiger partial charge is 0.337 e. The first-order chi connectivity index (χ1) is 7.54. The van der Waals surface area contributed by atoms with Crippen molar-refractivity contribution in [2.45, 2.75) is 18.9 Å². The molecule has 0 fully saturated rings. The Kier molecular flexibility index (Phi) is 5.51. The van der Waals surface area contributed by atoms with Gasteiger partial charge in [-0.2, -0.15) is 0 Å². The van der Waals surface area contributed by atoms with Crippen molar-refractivity contribution in [1.29, 1.82) is 0 Å². The molecule has 1 aromatic carbocycles. The van der Waals surface area contributed by atoms with E-state index in [1.54, 1.807) is 12.1 Å². The Bertz CT molecular complexity index is 381. The van der Waals surface area contributed by atoms with E-state index in [9.17, 15) is 9.90 Å². The van der Waals surface area contributed by atoms with Crippen LogP contribution in [0.1, 0.15) is 23.7 Å². The number of hydrogen-bond donors (Lipinski definition) is 2. The molecule has 0 amide bonds. The van der Waals surface area contributed by atoms with Crippen LogP contribution in [-0.4, -0.2) is 22.1 Å². The molecule has 0 aliphatic heterocycles. The van der Waals surface area contributed by atoms with Crippen LogP contribution in [0.5, 0.6) is 0 Å².